The molecule has 0 aromatic heterocycles. The summed E-state index contributed by atoms with van der Waals surface area (Å²) in [5.74, 6) is 0.661. The summed E-state index contributed by atoms with van der Waals surface area (Å²) in [6.45, 7) is -3.93. The van der Waals surface area contributed by atoms with E-state index in [0.717, 1.165) is 30.6 Å². The predicted octanol–water partition coefficient (Wildman–Crippen LogP) is 10.2. The predicted molar refractivity (Wildman–Crippen MR) is 184 cm³/mol. The zero-order chi connectivity index (χ0) is 29.7. The van der Waals surface area contributed by atoms with E-state index in [1.54, 1.807) is 0 Å². The normalized spacial score (nSPS) is 12.5. The summed E-state index contributed by atoms with van der Waals surface area (Å²) in [5.41, 5.74) is 4.06. The van der Waals surface area contributed by atoms with Crippen LogP contribution >= 0.6 is 6.72 Å². The Kier molecular flexibility index (Phi) is 17.5. The summed E-state index contributed by atoms with van der Waals surface area (Å²) < 4.78 is 0. The van der Waals surface area contributed by atoms with E-state index in [1.165, 1.54) is 107 Å². The molecule has 3 rings (SSSR count). The first-order valence-corrected chi connectivity index (χ1v) is 20.1. The van der Waals surface area contributed by atoms with E-state index in [4.69, 9.17) is 0 Å². The quantitative estimate of drug-likeness (QED) is 0.0784. The maximum Gasteiger partial charge on any atom is 0.281 e. The monoisotopic (exact) mass is 610 g/mol. The van der Waals surface area contributed by atoms with E-state index in [0.29, 0.717) is 5.75 Å². The van der Waals surface area contributed by atoms with Gasteiger partial charge in [-0.15, -0.1) is 0 Å². The van der Waals surface area contributed by atoms with Crippen molar-refractivity contribution in [3.8, 4) is 0 Å². The van der Waals surface area contributed by atoms with Gasteiger partial charge in [0.15, 0.2) is 0 Å². The second-order valence-electron chi connectivity index (χ2n) is 11.7. The van der Waals surface area contributed by atoms with Crippen molar-refractivity contribution in [3.63, 3.8) is 0 Å². The Morgan fingerprint density at radius 3 is 1.26 bits per heavy atom. The molecular formula is C37H55O3PS. The molecule has 0 spiro atoms. The summed E-state index contributed by atoms with van der Waals surface area (Å²) in [7, 11) is -0.897. The molecular weight excluding hydrogens is 555 g/mol. The van der Waals surface area contributed by atoms with Crippen LogP contribution in [-0.4, -0.2) is 20.4 Å². The van der Waals surface area contributed by atoms with Gasteiger partial charge in [0.25, 0.3) is 6.72 Å². The molecule has 0 saturated carbocycles. The molecule has 0 saturated heterocycles. The van der Waals surface area contributed by atoms with Gasteiger partial charge in [-0.25, -0.2) is 0 Å². The molecule has 3 N–H and O–H groups in total. The van der Waals surface area contributed by atoms with Crippen molar-refractivity contribution in [1.29, 1.82) is 0 Å². The first-order chi connectivity index (χ1) is 20.5. The van der Waals surface area contributed by atoms with E-state index >= 15 is 0 Å². The fourth-order valence-corrected chi connectivity index (χ4v) is 10.1. The van der Waals surface area contributed by atoms with Crippen molar-refractivity contribution in [1.82, 2.24) is 0 Å². The van der Waals surface area contributed by atoms with Crippen LogP contribution in [0.1, 0.15) is 113 Å². The summed E-state index contributed by atoms with van der Waals surface area (Å²) in [4.78, 5) is 32.1. The Morgan fingerprint density at radius 2 is 0.786 bits per heavy atom. The number of hydrogen-bond acceptors (Lipinski definition) is 0. The highest BCUT2D eigenvalue weighted by Gasteiger charge is 2.17. The Labute approximate surface area is 258 Å². The van der Waals surface area contributed by atoms with Crippen molar-refractivity contribution < 1.29 is 14.7 Å². The molecule has 3 nitrogen and oxygen atoms in total. The zero-order valence-corrected chi connectivity index (χ0v) is 27.4. The summed E-state index contributed by atoms with van der Waals surface area (Å²) in [6.07, 6.45) is 21.5. The first kappa shape index (κ1) is 34.8. The second kappa shape index (κ2) is 21.1. The highest BCUT2D eigenvalue weighted by molar-refractivity contribution is 8.27. The molecule has 0 radical (unpaired) electrons. The third kappa shape index (κ3) is 14.7. The second-order valence-corrected chi connectivity index (χ2v) is 17.1. The Hall–Kier alpha value is -1.68. The molecule has 232 valence electrons. The van der Waals surface area contributed by atoms with Gasteiger partial charge in [0.2, 0.25) is 0 Å². The number of rotatable bonds is 22. The van der Waals surface area contributed by atoms with Crippen LogP contribution in [0.2, 0.25) is 0 Å². The molecule has 0 aliphatic carbocycles. The molecule has 1 atom stereocenters. The molecule has 0 aliphatic heterocycles. The van der Waals surface area contributed by atoms with E-state index < -0.39 is 16.8 Å². The Bertz CT molecular complexity index is 1150. The van der Waals surface area contributed by atoms with E-state index in [1.807, 2.05) is 18.2 Å². The van der Waals surface area contributed by atoms with Gasteiger partial charge in [-0.1, -0.05) is 160 Å². The minimum absolute atomic E-state index is 0.661. The smallest absolute Gasteiger partial charge is 0.281 e. The van der Waals surface area contributed by atoms with Crippen LogP contribution in [-0.2, 0) is 29.3 Å². The molecule has 0 aliphatic rings. The van der Waals surface area contributed by atoms with E-state index in [2.05, 4.69) is 66.7 Å². The lowest BCUT2D eigenvalue weighted by Crippen LogP contribution is -2.05. The third-order valence-electron chi connectivity index (χ3n) is 8.17. The highest BCUT2D eigenvalue weighted by atomic mass is 32.5. The van der Waals surface area contributed by atoms with Gasteiger partial charge >= 0.3 is 0 Å². The average Bonchev–Trinajstić information content (AvgIpc) is 3.00. The Morgan fingerprint density at radius 1 is 0.405 bits per heavy atom. The van der Waals surface area contributed by atoms with Crippen molar-refractivity contribution >= 4 is 16.8 Å². The molecule has 1 unspecified atom stereocenters. The lowest BCUT2D eigenvalue weighted by Gasteiger charge is -2.19. The first-order valence-electron chi connectivity index (χ1n) is 16.5. The number of benzene rings is 3. The fraction of sp³-hybridized carbons (Fsp3) is 0.514. The van der Waals surface area contributed by atoms with Gasteiger partial charge in [0.1, 0.15) is 0 Å². The standard InChI is InChI=1S/C37H55O3PS/c38-41(39,40)42(33-23-11-7-2-1-4-8-14-24-34-26-16-12-17-27-34)37-32-22-21-31-36(37)30-20-10-6-3-5-9-15-25-35-28-18-13-19-29-35/h12-13,16-19,21-22,26-29,31-32,38-40H,1-11,14-15,20,23-25,30,33H2. The van der Waals surface area contributed by atoms with Crippen molar-refractivity contribution in [2.24, 2.45) is 0 Å². The van der Waals surface area contributed by atoms with Crippen LogP contribution in [0.15, 0.2) is 89.8 Å². The van der Waals surface area contributed by atoms with Crippen molar-refractivity contribution in [3.05, 3.63) is 102 Å². The lowest BCUT2D eigenvalue weighted by molar-refractivity contribution is 0.362. The SMILES string of the molecule is OP(O)(O)=S(CCCCCCCCCCc1ccccc1)c1ccccc1CCCCCCCCCc1ccccc1. The van der Waals surface area contributed by atoms with Crippen LogP contribution in [0.5, 0.6) is 0 Å². The zero-order valence-electron chi connectivity index (χ0n) is 25.7. The van der Waals surface area contributed by atoms with Gasteiger partial charge in [0, 0.05) is 4.90 Å². The molecule has 3 aromatic carbocycles. The van der Waals surface area contributed by atoms with E-state index in [-0.39, 0.29) is 0 Å². The minimum Gasteiger partial charge on any atom is -0.328 e. The van der Waals surface area contributed by atoms with Crippen molar-refractivity contribution in [2.75, 3.05) is 5.75 Å². The van der Waals surface area contributed by atoms with Gasteiger partial charge in [-0.3, -0.25) is 0 Å². The summed E-state index contributed by atoms with van der Waals surface area (Å²) in [6, 6.07) is 29.6. The molecule has 42 heavy (non-hydrogen) atoms. The van der Waals surface area contributed by atoms with Gasteiger partial charge in [0.05, 0.1) is 0 Å². The fourth-order valence-electron chi connectivity index (χ4n) is 5.75. The Balaban J connectivity index is 1.29. The summed E-state index contributed by atoms with van der Waals surface area (Å²) >= 11 is 0. The largest absolute Gasteiger partial charge is 0.328 e. The highest BCUT2D eigenvalue weighted by Crippen LogP contribution is 2.41. The van der Waals surface area contributed by atoms with E-state index in [9.17, 15) is 14.7 Å². The topological polar surface area (TPSA) is 60.7 Å². The number of hydrogen-bond donors (Lipinski definition) is 3. The van der Waals surface area contributed by atoms with Gasteiger partial charge < -0.3 is 14.7 Å². The van der Waals surface area contributed by atoms with Crippen LogP contribution in [0.25, 0.3) is 0 Å². The average molecular weight is 611 g/mol. The third-order valence-corrected chi connectivity index (χ3v) is 13.3. The van der Waals surface area contributed by atoms with Gasteiger partial charge in [-0.05, 0) is 73.5 Å². The van der Waals surface area contributed by atoms with Gasteiger partial charge in [-0.2, -0.15) is 0 Å². The molecule has 3 aromatic rings. The molecule has 0 fully saturated rings. The van der Waals surface area contributed by atoms with Crippen LogP contribution < -0.4 is 0 Å². The van der Waals surface area contributed by atoms with Crippen LogP contribution in [0.4, 0.5) is 0 Å². The number of unbranched alkanes of at least 4 members (excludes halogenated alkanes) is 13. The molecule has 0 amide bonds. The lowest BCUT2D eigenvalue weighted by atomic mass is 10.0. The summed E-state index contributed by atoms with van der Waals surface area (Å²) in [5, 5.41) is 0. The molecule has 0 heterocycles. The maximum atomic E-state index is 10.4. The molecule has 5 heteroatoms. The van der Waals surface area contributed by atoms with Crippen LogP contribution in [0.3, 0.4) is 0 Å². The number of aryl methyl sites for hydroxylation is 3. The van der Waals surface area contributed by atoms with Crippen LogP contribution in [0, 0.1) is 0 Å². The maximum absolute atomic E-state index is 10.4. The molecule has 0 bridgehead atoms. The minimum atomic E-state index is -3.93. The van der Waals surface area contributed by atoms with Crippen molar-refractivity contribution in [2.45, 2.75) is 120 Å².